The van der Waals surface area contributed by atoms with Crippen LogP contribution in [-0.4, -0.2) is 79.4 Å². The second-order valence-corrected chi connectivity index (χ2v) is 17.9. The maximum absolute atomic E-state index is 13.0. The number of nitrogens with zero attached hydrogens (tertiary/aromatic N) is 1. The molecular formula is C56H53F12N5O9S2. The molecule has 2 aliphatic rings. The first kappa shape index (κ1) is 70.0. The molecule has 3 amide bonds. The number of hydrogen-bond acceptors (Lipinski definition) is 10. The van der Waals surface area contributed by atoms with Gasteiger partial charge in [-0.15, -0.1) is 52.7 Å². The van der Waals surface area contributed by atoms with Crippen LogP contribution >= 0.6 is 27.0 Å². The summed E-state index contributed by atoms with van der Waals surface area (Å²) in [6, 6.07) is 38.6. The van der Waals surface area contributed by atoms with Crippen molar-refractivity contribution in [3.63, 3.8) is 0 Å². The van der Waals surface area contributed by atoms with Crippen LogP contribution in [0.1, 0.15) is 53.1 Å². The van der Waals surface area contributed by atoms with E-state index in [9.17, 15) is 71.9 Å². The van der Waals surface area contributed by atoms with Gasteiger partial charge >= 0.3 is 31.4 Å². The zero-order valence-corrected chi connectivity index (χ0v) is 45.7. The van der Waals surface area contributed by atoms with Crippen LogP contribution < -0.4 is 40.6 Å². The smallest absolute Gasteiger partial charge is 0.480 e. The van der Waals surface area contributed by atoms with Gasteiger partial charge in [-0.3, -0.25) is 14.4 Å². The second-order valence-electron chi connectivity index (χ2n) is 17.9. The van der Waals surface area contributed by atoms with E-state index < -0.39 is 83.2 Å². The maximum Gasteiger partial charge on any atom is 0.573 e. The number of carbonyl (C=O) groups excluding carboxylic acids is 3. The number of benzene rings is 6. The number of alkyl halides is 12. The quantitative estimate of drug-likeness (QED) is 0.0428. The molecule has 2 fully saturated rings. The molecule has 452 valence electrons. The summed E-state index contributed by atoms with van der Waals surface area (Å²) in [4.78, 5) is 44.0. The number of nitrogens with two attached hydrogens (primary N) is 1. The van der Waals surface area contributed by atoms with Gasteiger partial charge in [-0.2, -0.15) is 32.3 Å². The fourth-order valence-corrected chi connectivity index (χ4v) is 8.55. The third kappa shape index (κ3) is 21.5. The van der Waals surface area contributed by atoms with Crippen LogP contribution in [0.5, 0.6) is 23.0 Å². The van der Waals surface area contributed by atoms with Gasteiger partial charge in [0.15, 0.2) is 0 Å². The summed E-state index contributed by atoms with van der Waals surface area (Å²) in [6.07, 6.45) is -19.4. The molecule has 8 rings (SSSR count). The Hall–Kier alpha value is -8.29. The molecule has 2 aliphatic heterocycles. The van der Waals surface area contributed by atoms with E-state index in [0.717, 1.165) is 42.0 Å². The lowest BCUT2D eigenvalue weighted by Gasteiger charge is -2.37. The zero-order valence-electron chi connectivity index (χ0n) is 43.7. The van der Waals surface area contributed by atoms with E-state index in [0.29, 0.717) is 16.7 Å². The summed E-state index contributed by atoms with van der Waals surface area (Å²) in [7, 11) is 0. The van der Waals surface area contributed by atoms with Crippen molar-refractivity contribution in [1.82, 2.24) is 16.0 Å². The molecule has 0 aromatic heterocycles. The number of nitriles is 1. The largest absolute Gasteiger partial charge is 0.573 e. The highest BCUT2D eigenvalue weighted by atomic mass is 32.1. The van der Waals surface area contributed by atoms with Crippen LogP contribution in [0.4, 0.5) is 52.7 Å². The molecule has 28 heteroatoms. The average Bonchev–Trinajstić information content (AvgIpc) is 2.31. The molecule has 6 aromatic carbocycles. The van der Waals surface area contributed by atoms with E-state index in [4.69, 9.17) is 16.1 Å². The first-order valence-electron chi connectivity index (χ1n) is 24.1. The minimum atomic E-state index is -4.99. The lowest BCUT2D eigenvalue weighted by atomic mass is 9.70. The first-order chi connectivity index (χ1) is 38.4. The Morgan fingerprint density at radius 3 is 1.08 bits per heavy atom. The van der Waals surface area contributed by atoms with Crippen LogP contribution in [0.3, 0.4) is 0 Å². The number of hydrogen-bond donors (Lipinski definition) is 5. The van der Waals surface area contributed by atoms with Gasteiger partial charge in [0, 0.05) is 30.8 Å². The predicted molar refractivity (Wildman–Crippen MR) is 289 cm³/mol. The molecule has 2 heterocycles. The van der Waals surface area contributed by atoms with Crippen molar-refractivity contribution in [1.29, 1.82) is 5.26 Å². The third-order valence-corrected chi connectivity index (χ3v) is 12.2. The number of aliphatic carboxylic acids is 1. The van der Waals surface area contributed by atoms with E-state index in [1.165, 1.54) is 55.5 Å². The summed E-state index contributed by atoms with van der Waals surface area (Å²) in [6.45, 7) is 1.09. The van der Waals surface area contributed by atoms with Crippen molar-refractivity contribution in [2.45, 2.75) is 81.0 Å². The molecule has 0 bridgehead atoms. The Balaban J connectivity index is 0.000000369. The summed E-state index contributed by atoms with van der Waals surface area (Å²) in [5, 5.41) is 22.8. The average molecular weight is 1230 g/mol. The Morgan fingerprint density at radius 2 is 0.821 bits per heavy atom. The normalized spacial score (nSPS) is 14.6. The van der Waals surface area contributed by atoms with Crippen LogP contribution in [0, 0.1) is 11.3 Å². The summed E-state index contributed by atoms with van der Waals surface area (Å²) < 4.78 is 171. The first-order valence-corrected chi connectivity index (χ1v) is 24.1. The van der Waals surface area contributed by atoms with Crippen LogP contribution in [0.15, 0.2) is 158 Å². The van der Waals surface area contributed by atoms with Crippen molar-refractivity contribution in [2.75, 3.05) is 13.1 Å². The van der Waals surface area contributed by atoms with Gasteiger partial charge in [-0.05, 0) is 94.8 Å². The van der Waals surface area contributed by atoms with Gasteiger partial charge < -0.3 is 45.7 Å². The number of carboxylic acids is 1. The lowest BCUT2D eigenvalue weighted by Crippen LogP contribution is -2.58. The topological polar surface area (TPSA) is 211 Å². The number of ether oxygens (including phenoxy) is 4. The Kier molecular flexibility index (Phi) is 25.3. The highest BCUT2D eigenvalue weighted by molar-refractivity contribution is 7.59. The number of carbonyl (C=O) groups is 4. The summed E-state index contributed by atoms with van der Waals surface area (Å²) >= 11 is 0. The van der Waals surface area contributed by atoms with Crippen molar-refractivity contribution >= 4 is 50.7 Å². The van der Waals surface area contributed by atoms with E-state index >= 15 is 0 Å². The molecule has 2 atom stereocenters. The highest BCUT2D eigenvalue weighted by Gasteiger charge is 2.41. The van der Waals surface area contributed by atoms with Gasteiger partial charge in [-0.1, -0.05) is 109 Å². The van der Waals surface area contributed by atoms with Crippen LogP contribution in [0.2, 0.25) is 0 Å². The summed E-state index contributed by atoms with van der Waals surface area (Å²) in [5.41, 5.74) is 6.26. The molecule has 6 N–H and O–H groups in total. The molecule has 0 radical (unpaired) electrons. The van der Waals surface area contributed by atoms with Crippen LogP contribution in [0.25, 0.3) is 0 Å². The molecular weight excluding hydrogens is 1180 g/mol. The fraction of sp³-hybridized carbons (Fsp3) is 0.268. The number of nitrogens with one attached hydrogen (secondary N) is 3. The lowest BCUT2D eigenvalue weighted by molar-refractivity contribution is -0.275. The van der Waals surface area contributed by atoms with E-state index in [1.807, 2.05) is 0 Å². The Bertz CT molecular complexity index is 3030. The monoisotopic (exact) mass is 1230 g/mol. The fourth-order valence-electron chi connectivity index (χ4n) is 8.55. The number of carboxylic acid groups (broad SMARTS) is 1. The number of halogens is 12. The van der Waals surface area contributed by atoms with Crippen LogP contribution in [-0.2, 0) is 42.8 Å². The SMILES string of the molecule is CC#N.NCC(Cc1ccccc1)(c1cccc(OC(F)(F)F)c1)c1cccc(OC(F)(F)F)c1.O=C1C[C@@H](C(=O)NCC(Cc2ccccc2)(c2cccc(OC(F)(F)F)c2)c2cccc(OC(F)(F)F)c2)N1.O=C1C[C@@H](C(=O)O)N1.S.S. The van der Waals surface area contributed by atoms with Gasteiger partial charge in [0.25, 0.3) is 0 Å². The van der Waals surface area contributed by atoms with E-state index in [2.05, 4.69) is 34.9 Å². The van der Waals surface area contributed by atoms with Gasteiger partial charge in [0.05, 0.1) is 18.9 Å². The standard InChI is InChI=1S/C27H22F6N2O4.C23H19F6NO2.C4H5NO3.C2H3N.2H2S/c28-26(29,30)38-20-10-4-8-18(12-20)25(15-17-6-2-1-3-7-17,16-34-24(37)22-14-23(36)35-22)19-9-5-11-21(13-19)39-27(31,32)33;24-22(25,26)31-19-10-4-8-17(12-19)21(15-30,14-16-6-2-1-3-7-16)18-9-5-11-20(13-18)32-23(27,28)29;6-3-1-2(5-3)4(7)8;1-2-3;;/h1-13,22H,14-16H2,(H,34,37)(H,35,36);1-13H,14-15,30H2;2H,1H2,(H,5,6)(H,7,8);1H3;2*1H2/t22-;;2-;;;/m0.0.../s1. The van der Waals surface area contributed by atoms with Crippen molar-refractivity contribution in [3.8, 4) is 29.1 Å². The molecule has 0 spiro atoms. The van der Waals surface area contributed by atoms with Gasteiger partial charge in [0.1, 0.15) is 35.1 Å². The third-order valence-electron chi connectivity index (χ3n) is 12.2. The molecule has 2 saturated heterocycles. The minimum Gasteiger partial charge on any atom is -0.480 e. The number of rotatable bonds is 17. The Morgan fingerprint density at radius 1 is 0.536 bits per heavy atom. The van der Waals surface area contributed by atoms with Crippen molar-refractivity contribution in [3.05, 3.63) is 191 Å². The van der Waals surface area contributed by atoms with Gasteiger partial charge in [0.2, 0.25) is 17.7 Å². The molecule has 6 aromatic rings. The molecule has 0 aliphatic carbocycles. The van der Waals surface area contributed by atoms with E-state index in [-0.39, 0.29) is 88.7 Å². The van der Waals surface area contributed by atoms with E-state index in [1.54, 1.807) is 78.9 Å². The van der Waals surface area contributed by atoms with Crippen molar-refractivity contribution in [2.24, 2.45) is 5.73 Å². The highest BCUT2D eigenvalue weighted by Crippen LogP contribution is 2.42. The van der Waals surface area contributed by atoms with Gasteiger partial charge in [-0.25, -0.2) is 4.79 Å². The molecule has 0 unspecified atom stereocenters. The number of amides is 3. The molecule has 84 heavy (non-hydrogen) atoms. The molecule has 0 saturated carbocycles. The van der Waals surface area contributed by atoms with Crippen molar-refractivity contribution < 1.29 is 95.9 Å². The minimum absolute atomic E-state index is 0. The maximum atomic E-state index is 13.0. The number of β-lactam (4-membered cyclic amide) rings is 2. The zero-order chi connectivity index (χ0) is 60.5. The summed E-state index contributed by atoms with van der Waals surface area (Å²) in [5.74, 6) is -4.00. The Labute approximate surface area is 486 Å². The predicted octanol–water partition coefficient (Wildman–Crippen LogP) is 10.7. The molecule has 14 nitrogen and oxygen atoms in total. The second kappa shape index (κ2) is 30.3.